The Kier molecular flexibility index (Phi) is 17.8. The standard InChI is InChI=1S/C17H21F2N7O2.C15H22BF2N3O2.C11H16ClN5O2/c18-14(19)11-9-13(20)21-10-12(11)15-22-16(25-1-5-27-6-2-25)24-17(23-15)26-3-7-28-8-4-26;1-14(2)15(3,4)23-16(22-14)11-8-19-12(20-9-21(5)6)7-10(11)13(17)18;12-9-13-10(16-1-5-18-6-2-16)15-11(14-9)17-3-7-19-8-4-17/h9-10,14H,1-8H2,(H2,20,21);7-9,13H,1-6H3;1-8H2. The third kappa shape index (κ3) is 13.5. The van der Waals surface area contributed by atoms with Gasteiger partial charge in [0.15, 0.2) is 11.6 Å². The minimum Gasteiger partial charge on any atom is -0.399 e. The molecule has 5 aliphatic rings. The van der Waals surface area contributed by atoms with Crippen molar-refractivity contribution in [2.24, 2.45) is 4.99 Å². The molecule has 0 radical (unpaired) electrons. The van der Waals surface area contributed by atoms with E-state index in [0.717, 1.165) is 32.2 Å². The summed E-state index contributed by atoms with van der Waals surface area (Å²) in [5, 5.41) is 0.234. The van der Waals surface area contributed by atoms with Gasteiger partial charge in [-0.15, -0.1) is 0 Å². The second-order valence-corrected chi connectivity index (χ2v) is 18.0. The number of alkyl halides is 4. The van der Waals surface area contributed by atoms with Gasteiger partial charge in [0.2, 0.25) is 29.1 Å². The summed E-state index contributed by atoms with van der Waals surface area (Å²) in [5.74, 6) is 2.53. The molecule has 70 heavy (non-hydrogen) atoms. The zero-order chi connectivity index (χ0) is 50.0. The number of ether oxygens (including phenoxy) is 4. The molecule has 5 fully saturated rings. The van der Waals surface area contributed by atoms with Gasteiger partial charge >= 0.3 is 7.12 Å². The normalized spacial score (nSPS) is 19.3. The number of halogens is 5. The van der Waals surface area contributed by atoms with Crippen LogP contribution in [0.4, 0.5) is 53.0 Å². The van der Waals surface area contributed by atoms with Crippen molar-refractivity contribution >= 4 is 65.9 Å². The molecular formula is C43H59BClF4N15O6. The van der Waals surface area contributed by atoms with Crippen molar-refractivity contribution in [1.29, 1.82) is 0 Å². The van der Waals surface area contributed by atoms with Crippen LogP contribution in [0.3, 0.4) is 0 Å². The molecule has 0 saturated carbocycles. The highest BCUT2D eigenvalue weighted by Crippen LogP contribution is 2.38. The summed E-state index contributed by atoms with van der Waals surface area (Å²) in [5.41, 5.74) is 4.36. The third-order valence-electron chi connectivity index (χ3n) is 11.9. The van der Waals surface area contributed by atoms with Crippen LogP contribution < -0.4 is 30.8 Å². The topological polar surface area (TPSA) is 213 Å². The summed E-state index contributed by atoms with van der Waals surface area (Å²) in [6, 6.07) is 2.43. The van der Waals surface area contributed by atoms with Crippen molar-refractivity contribution in [2.45, 2.75) is 51.7 Å². The number of nitrogens with two attached hydrogens (primary N) is 1. The largest absolute Gasteiger partial charge is 0.496 e. The zero-order valence-corrected chi connectivity index (χ0v) is 40.9. The molecule has 9 rings (SSSR count). The van der Waals surface area contributed by atoms with Crippen LogP contribution >= 0.6 is 11.6 Å². The van der Waals surface area contributed by atoms with Crippen molar-refractivity contribution in [3.05, 3.63) is 40.9 Å². The molecule has 5 saturated heterocycles. The lowest BCUT2D eigenvalue weighted by molar-refractivity contribution is 0.00578. The molecule has 0 aromatic carbocycles. The van der Waals surface area contributed by atoms with E-state index in [-0.39, 0.29) is 44.9 Å². The number of anilines is 5. The molecule has 0 bridgehead atoms. The Morgan fingerprint density at radius 2 is 1.04 bits per heavy atom. The number of morpholine rings is 4. The molecule has 9 heterocycles. The number of nitrogen functional groups attached to an aromatic ring is 1. The zero-order valence-electron chi connectivity index (χ0n) is 40.1. The minimum absolute atomic E-state index is 0.0231. The summed E-state index contributed by atoms with van der Waals surface area (Å²) in [4.78, 5) is 48.3. The van der Waals surface area contributed by atoms with Crippen molar-refractivity contribution < 1.29 is 45.8 Å². The highest BCUT2D eigenvalue weighted by Gasteiger charge is 2.52. The summed E-state index contributed by atoms with van der Waals surface area (Å²) in [7, 11) is 2.70. The number of nitrogens with zero attached hydrogens (tertiary/aromatic N) is 14. The summed E-state index contributed by atoms with van der Waals surface area (Å²) < 4.78 is 87.2. The van der Waals surface area contributed by atoms with E-state index in [4.69, 9.17) is 45.6 Å². The van der Waals surface area contributed by atoms with E-state index >= 15 is 0 Å². The van der Waals surface area contributed by atoms with Crippen molar-refractivity contribution in [1.82, 2.24) is 44.8 Å². The predicted molar refractivity (Wildman–Crippen MR) is 256 cm³/mol. The number of hydrogen-bond donors (Lipinski definition) is 1. The third-order valence-corrected chi connectivity index (χ3v) is 12.1. The number of rotatable bonds is 10. The molecule has 380 valence electrons. The predicted octanol–water partition coefficient (Wildman–Crippen LogP) is 3.86. The van der Waals surface area contributed by atoms with Crippen LogP contribution in [0.1, 0.15) is 51.7 Å². The smallest absolute Gasteiger partial charge is 0.399 e. The van der Waals surface area contributed by atoms with E-state index in [1.54, 1.807) is 19.0 Å². The number of pyridine rings is 2. The first-order valence-corrected chi connectivity index (χ1v) is 23.2. The molecule has 5 aliphatic heterocycles. The van der Waals surface area contributed by atoms with E-state index in [0.29, 0.717) is 103 Å². The maximum atomic E-state index is 13.6. The van der Waals surface area contributed by atoms with Crippen LogP contribution in [-0.4, -0.2) is 189 Å². The average Bonchev–Trinajstić information content (AvgIpc) is 3.59. The van der Waals surface area contributed by atoms with Gasteiger partial charge < -0.3 is 58.5 Å². The van der Waals surface area contributed by atoms with Gasteiger partial charge in [-0.3, -0.25) is 0 Å². The second-order valence-electron chi connectivity index (χ2n) is 17.6. The van der Waals surface area contributed by atoms with E-state index in [9.17, 15) is 17.6 Å². The van der Waals surface area contributed by atoms with E-state index < -0.39 is 31.2 Å². The molecule has 0 atom stereocenters. The summed E-state index contributed by atoms with van der Waals surface area (Å²) >= 11 is 6.01. The molecule has 4 aromatic rings. The minimum atomic E-state index is -2.73. The fourth-order valence-corrected chi connectivity index (χ4v) is 7.50. The number of aliphatic imine (C=N–C) groups is 1. The first-order chi connectivity index (χ1) is 33.5. The monoisotopic (exact) mass is 1000 g/mol. The lowest BCUT2D eigenvalue weighted by Crippen LogP contribution is -2.41. The number of aromatic nitrogens is 8. The molecule has 0 aliphatic carbocycles. The van der Waals surface area contributed by atoms with Crippen LogP contribution in [-0.2, 0) is 28.3 Å². The first-order valence-electron chi connectivity index (χ1n) is 22.8. The molecule has 0 spiro atoms. The quantitative estimate of drug-likeness (QED) is 0.103. The fraction of sp³-hybridized carbons (Fsp3) is 0.605. The maximum Gasteiger partial charge on any atom is 0.496 e. The highest BCUT2D eigenvalue weighted by atomic mass is 35.5. The van der Waals surface area contributed by atoms with Crippen molar-refractivity contribution in [3.63, 3.8) is 0 Å². The maximum absolute atomic E-state index is 13.6. The van der Waals surface area contributed by atoms with Gasteiger partial charge in [-0.2, -0.15) is 29.9 Å². The van der Waals surface area contributed by atoms with Gasteiger partial charge in [-0.25, -0.2) is 32.5 Å². The fourth-order valence-electron chi connectivity index (χ4n) is 7.35. The highest BCUT2D eigenvalue weighted by molar-refractivity contribution is 6.62. The van der Waals surface area contributed by atoms with Crippen LogP contribution in [0.5, 0.6) is 0 Å². The molecular weight excluding hydrogens is 945 g/mol. The Balaban J connectivity index is 0.000000158. The van der Waals surface area contributed by atoms with Gasteiger partial charge in [0.1, 0.15) is 5.82 Å². The first kappa shape index (κ1) is 52.4. The van der Waals surface area contributed by atoms with Crippen molar-refractivity contribution in [3.8, 4) is 11.4 Å². The Morgan fingerprint density at radius 1 is 0.629 bits per heavy atom. The van der Waals surface area contributed by atoms with E-state index in [2.05, 4.69) is 54.7 Å². The molecule has 0 amide bonds. The van der Waals surface area contributed by atoms with Gasteiger partial charge in [0.05, 0.1) is 70.4 Å². The Morgan fingerprint density at radius 3 is 1.44 bits per heavy atom. The van der Waals surface area contributed by atoms with Crippen LogP contribution in [0, 0.1) is 0 Å². The Labute approximate surface area is 409 Å². The van der Waals surface area contributed by atoms with Crippen LogP contribution in [0.25, 0.3) is 11.4 Å². The van der Waals surface area contributed by atoms with Gasteiger partial charge in [-0.1, -0.05) is 0 Å². The lowest BCUT2D eigenvalue weighted by Gasteiger charge is -2.32. The summed E-state index contributed by atoms with van der Waals surface area (Å²) in [6.45, 7) is 18.1. The molecule has 21 nitrogen and oxygen atoms in total. The van der Waals surface area contributed by atoms with Gasteiger partial charge in [-0.05, 0) is 51.4 Å². The molecule has 27 heteroatoms. The van der Waals surface area contributed by atoms with E-state index in [1.807, 2.05) is 37.5 Å². The molecule has 2 N–H and O–H groups in total. The SMILES string of the molecule is CN(C)C=Nc1cc(C(F)F)c(B2OC(C)(C)C(C)(C)O2)cn1.Clc1nc(N2CCOCC2)nc(N2CCOCC2)n1.Nc1cc(C(F)F)c(-c2nc(N3CCOCC3)nc(N3CCOCC3)n2)cn1. The molecule has 0 unspecified atom stereocenters. The van der Waals surface area contributed by atoms with Crippen molar-refractivity contribution in [2.75, 3.05) is 145 Å². The lowest BCUT2D eigenvalue weighted by atomic mass is 9.77. The van der Waals surface area contributed by atoms with Gasteiger partial charge in [0, 0.05) is 101 Å². The second kappa shape index (κ2) is 23.7. The number of hydrogen-bond acceptors (Lipinski definition) is 20. The average molecular weight is 1000 g/mol. The Bertz CT molecular complexity index is 2290. The van der Waals surface area contributed by atoms with Crippen LogP contribution in [0.15, 0.2) is 29.5 Å². The Hall–Kier alpha value is -5.38. The molecule has 4 aromatic heterocycles. The van der Waals surface area contributed by atoms with Crippen LogP contribution in [0.2, 0.25) is 5.28 Å². The summed E-state index contributed by atoms with van der Waals surface area (Å²) in [6.07, 6.45) is -1.24. The van der Waals surface area contributed by atoms with Gasteiger partial charge in [0.25, 0.3) is 12.9 Å². The van der Waals surface area contributed by atoms with E-state index in [1.165, 1.54) is 24.8 Å².